The summed E-state index contributed by atoms with van der Waals surface area (Å²) in [6, 6.07) is 17.2. The van der Waals surface area contributed by atoms with Gasteiger partial charge in [-0.1, -0.05) is 54.1 Å². The highest BCUT2D eigenvalue weighted by Crippen LogP contribution is 2.47. The number of pyridine rings is 1. The molecule has 1 fully saturated rings. The van der Waals surface area contributed by atoms with Gasteiger partial charge in [-0.25, -0.2) is 0 Å². The molecule has 54 heavy (non-hydrogen) atoms. The Hall–Kier alpha value is -3.99. The second kappa shape index (κ2) is 19.6. The molecule has 0 radical (unpaired) electrons. The van der Waals surface area contributed by atoms with E-state index < -0.39 is 16.6 Å². The number of benzene rings is 2. The molecule has 2 heterocycles. The number of aromatic nitrogens is 1. The Morgan fingerprint density at radius 2 is 1.93 bits per heavy atom. The van der Waals surface area contributed by atoms with Gasteiger partial charge in [-0.3, -0.25) is 9.78 Å². The second-order valence-electron chi connectivity index (χ2n) is 13.7. The summed E-state index contributed by atoms with van der Waals surface area (Å²) >= 11 is 14.4. The number of carbonyl (C=O) groups excluding carboxylic acids is 1. The van der Waals surface area contributed by atoms with Crippen molar-refractivity contribution < 1.29 is 34.0 Å². The van der Waals surface area contributed by atoms with E-state index in [0.717, 1.165) is 50.0 Å². The zero-order valence-corrected chi connectivity index (χ0v) is 32.2. The number of ether oxygens (including phenoxy) is 4. The lowest BCUT2D eigenvalue weighted by Gasteiger charge is -2.45. The van der Waals surface area contributed by atoms with E-state index in [1.165, 1.54) is 13.3 Å². The first-order chi connectivity index (χ1) is 26.1. The molecule has 1 aliphatic heterocycles. The van der Waals surface area contributed by atoms with E-state index >= 15 is 0 Å². The summed E-state index contributed by atoms with van der Waals surface area (Å²) in [6.07, 6.45) is 10.4. The number of esters is 1. The molecule has 1 aromatic heterocycles. The van der Waals surface area contributed by atoms with Crippen LogP contribution in [-0.4, -0.2) is 95.8 Å². The first-order valence-electron chi connectivity index (χ1n) is 18.1. The fraction of sp³-hybridized carbons (Fsp3) is 0.439. The van der Waals surface area contributed by atoms with Crippen LogP contribution in [0.4, 0.5) is 0 Å². The van der Waals surface area contributed by atoms with Crippen LogP contribution < -0.4 is 14.8 Å². The molecule has 1 aliphatic carbocycles. The van der Waals surface area contributed by atoms with Crippen molar-refractivity contribution in [3.05, 3.63) is 106 Å². The number of allylic oxidation sites excluding steroid dienone is 2. The van der Waals surface area contributed by atoms with Gasteiger partial charge in [0.25, 0.3) is 0 Å². The van der Waals surface area contributed by atoms with Crippen molar-refractivity contribution in [1.29, 1.82) is 5.26 Å². The van der Waals surface area contributed by atoms with Crippen molar-refractivity contribution in [3.8, 4) is 17.6 Å². The largest absolute Gasteiger partial charge is 0.488 e. The third-order valence-corrected chi connectivity index (χ3v) is 10.7. The molecule has 1 saturated heterocycles. The number of alkyl halides is 1. The SMILES string of the molecule is COC(=O)C1CCN(CCCOC2(COc3cc(OCc4cncc(C#N)c4)c(CNCC(O)CO)cc3Cl)C=CC=C(c3ccccc3)[C@]2(C)Cl)CC1. The van der Waals surface area contributed by atoms with Crippen molar-refractivity contribution in [2.45, 2.75) is 55.9 Å². The summed E-state index contributed by atoms with van der Waals surface area (Å²) in [7, 11) is 1.44. The molecule has 13 heteroatoms. The molecule has 0 saturated carbocycles. The van der Waals surface area contributed by atoms with E-state index in [0.29, 0.717) is 39.8 Å². The molecule has 3 N–H and O–H groups in total. The van der Waals surface area contributed by atoms with Gasteiger partial charge in [0.1, 0.15) is 41.3 Å². The van der Waals surface area contributed by atoms with Crippen LogP contribution in [-0.2, 0) is 27.4 Å². The highest BCUT2D eigenvalue weighted by atomic mass is 35.5. The number of methoxy groups -OCH3 is 1. The molecular formula is C41H48Cl2N4O7. The number of rotatable bonds is 18. The van der Waals surface area contributed by atoms with Gasteiger partial charge in [-0.05, 0) is 68.6 Å². The van der Waals surface area contributed by atoms with Gasteiger partial charge < -0.3 is 39.4 Å². The third-order valence-electron chi connectivity index (χ3n) is 9.90. The predicted molar refractivity (Wildman–Crippen MR) is 207 cm³/mol. The molecule has 3 aromatic rings. The van der Waals surface area contributed by atoms with Crippen molar-refractivity contribution in [2.24, 2.45) is 5.92 Å². The highest BCUT2D eigenvalue weighted by molar-refractivity contribution is 6.32. The Balaban J connectivity index is 1.36. The smallest absolute Gasteiger partial charge is 0.308 e. The Morgan fingerprint density at radius 1 is 1.15 bits per heavy atom. The Labute approximate surface area is 327 Å². The fourth-order valence-corrected chi connectivity index (χ4v) is 7.29. The normalized spacial score (nSPS) is 20.9. The topological polar surface area (TPSA) is 146 Å². The van der Waals surface area contributed by atoms with Crippen LogP contribution in [0.25, 0.3) is 5.57 Å². The van der Waals surface area contributed by atoms with Crippen molar-refractivity contribution >= 4 is 34.7 Å². The molecule has 5 rings (SSSR count). The first kappa shape index (κ1) is 41.2. The molecular weight excluding hydrogens is 731 g/mol. The van der Waals surface area contributed by atoms with Crippen LogP contribution in [0.5, 0.6) is 11.5 Å². The Bertz CT molecular complexity index is 1810. The lowest BCUT2D eigenvalue weighted by atomic mass is 9.76. The van der Waals surface area contributed by atoms with Crippen molar-refractivity contribution in [2.75, 3.05) is 53.1 Å². The van der Waals surface area contributed by atoms with Crippen molar-refractivity contribution in [1.82, 2.24) is 15.2 Å². The summed E-state index contributed by atoms with van der Waals surface area (Å²) in [5.74, 6) is 0.622. The summed E-state index contributed by atoms with van der Waals surface area (Å²) in [6.45, 7) is 4.98. The Kier molecular flexibility index (Phi) is 14.9. The standard InChI is InChI=1S/C41H48Cl2N4O7/c1-40(43)35(31-8-4-3-5-9-31)10-6-13-41(40,54-17-7-14-47-15-11-32(12-16-47)39(50)51-2)28-53-38-20-37(52-27-30-18-29(21-44)22-45-23-30)33(19-36(38)42)24-46-25-34(49)26-48/h3-6,8-10,13,18-20,22-23,32,34,46,48-49H,7,11-12,14-17,24-28H2,1-2H3/t34?,40-,41?/m0/s1. The van der Waals surface area contributed by atoms with E-state index in [-0.39, 0.29) is 44.8 Å². The lowest BCUT2D eigenvalue weighted by molar-refractivity contribution is -0.147. The average Bonchev–Trinajstić information content (AvgIpc) is 3.19. The number of hydrogen-bond acceptors (Lipinski definition) is 11. The molecule has 0 spiro atoms. The van der Waals surface area contributed by atoms with E-state index in [1.54, 1.807) is 24.4 Å². The molecule has 0 amide bonds. The number of nitriles is 1. The number of hydrogen-bond donors (Lipinski definition) is 3. The predicted octanol–water partition coefficient (Wildman–Crippen LogP) is 5.69. The quantitative estimate of drug-likeness (QED) is 0.0832. The van der Waals surface area contributed by atoms with Gasteiger partial charge in [-0.2, -0.15) is 5.26 Å². The van der Waals surface area contributed by atoms with Crippen LogP contribution in [0.1, 0.15) is 48.4 Å². The van der Waals surface area contributed by atoms with Crippen LogP contribution in [0.2, 0.25) is 5.02 Å². The molecule has 3 atom stereocenters. The maximum Gasteiger partial charge on any atom is 0.308 e. The van der Waals surface area contributed by atoms with Crippen molar-refractivity contribution in [3.63, 3.8) is 0 Å². The summed E-state index contributed by atoms with van der Waals surface area (Å²) in [4.78, 5) is 17.4. The summed E-state index contributed by atoms with van der Waals surface area (Å²) < 4.78 is 24.5. The molecule has 11 nitrogen and oxygen atoms in total. The molecule has 2 aromatic carbocycles. The number of likely N-dealkylation sites (tertiary alicyclic amines) is 1. The number of carbonyl (C=O) groups is 1. The zero-order chi connectivity index (χ0) is 38.6. The van der Waals surface area contributed by atoms with E-state index in [2.05, 4.69) is 21.3 Å². The second-order valence-corrected chi connectivity index (χ2v) is 14.8. The number of piperidine rings is 1. The molecule has 2 unspecified atom stereocenters. The van der Waals surface area contributed by atoms with Crippen LogP contribution in [0, 0.1) is 17.2 Å². The maximum atomic E-state index is 12.0. The van der Waals surface area contributed by atoms with Gasteiger partial charge in [0, 0.05) is 55.8 Å². The number of aliphatic hydroxyl groups is 2. The number of nitrogens with zero attached hydrogens (tertiary/aromatic N) is 3. The van der Waals surface area contributed by atoms with E-state index in [4.69, 9.17) is 42.1 Å². The average molecular weight is 780 g/mol. The number of nitrogens with one attached hydrogen (secondary N) is 1. The molecule has 0 bridgehead atoms. The summed E-state index contributed by atoms with van der Waals surface area (Å²) in [5.41, 5.74) is 2.55. The first-order valence-corrected chi connectivity index (χ1v) is 18.8. The summed E-state index contributed by atoms with van der Waals surface area (Å²) in [5, 5.41) is 31.9. The van der Waals surface area contributed by atoms with Gasteiger partial charge in [0.2, 0.25) is 0 Å². The Morgan fingerprint density at radius 3 is 2.65 bits per heavy atom. The minimum Gasteiger partial charge on any atom is -0.488 e. The highest BCUT2D eigenvalue weighted by Gasteiger charge is 2.51. The molecule has 2 aliphatic rings. The maximum absolute atomic E-state index is 12.0. The van der Waals surface area contributed by atoms with Gasteiger partial charge in [0.15, 0.2) is 0 Å². The van der Waals surface area contributed by atoms with Crippen LogP contribution in [0.3, 0.4) is 0 Å². The third kappa shape index (κ3) is 10.4. The van der Waals surface area contributed by atoms with Gasteiger partial charge in [-0.15, -0.1) is 11.6 Å². The molecule has 288 valence electrons. The monoisotopic (exact) mass is 778 g/mol. The number of halogens is 2. The minimum absolute atomic E-state index is 0.0196. The van der Waals surface area contributed by atoms with Gasteiger partial charge >= 0.3 is 5.97 Å². The van der Waals surface area contributed by atoms with Crippen LogP contribution in [0.15, 0.2) is 79.2 Å². The van der Waals surface area contributed by atoms with Gasteiger partial charge in [0.05, 0.1) is 36.3 Å². The number of aliphatic hydroxyl groups excluding tert-OH is 2. The lowest BCUT2D eigenvalue weighted by Crippen LogP contribution is -2.55. The van der Waals surface area contributed by atoms with Crippen LogP contribution >= 0.6 is 23.2 Å². The minimum atomic E-state index is -1.11. The fourth-order valence-electron chi connectivity index (χ4n) is 6.71. The van der Waals surface area contributed by atoms with E-state index in [9.17, 15) is 20.3 Å². The zero-order valence-electron chi connectivity index (χ0n) is 30.7. The van der Waals surface area contributed by atoms with E-state index in [1.807, 2.05) is 55.5 Å².